The minimum Gasteiger partial charge on any atom is -0.348 e. The van der Waals surface area contributed by atoms with Gasteiger partial charge in [-0.2, -0.15) is 0 Å². The minimum atomic E-state index is -0.00999. The van der Waals surface area contributed by atoms with E-state index in [1.807, 2.05) is 23.5 Å². The molecule has 134 valence electrons. The number of rotatable bonds is 3. The van der Waals surface area contributed by atoms with Crippen LogP contribution in [0.4, 0.5) is 0 Å². The summed E-state index contributed by atoms with van der Waals surface area (Å²) in [7, 11) is 2.19. The van der Waals surface area contributed by atoms with Crippen LogP contribution < -0.4 is 0 Å². The standard InChI is InChI=1S/C17H23N5OS2/c1-12-9-24-16(20-12)25-10-14(23)22-7-4-17(5-8-22)15-13(18-11-19-15)3-6-21(17)2/h9,11H,3-8,10H2,1-2H3,(H,18,19). The predicted octanol–water partition coefficient (Wildman–Crippen LogP) is 2.27. The number of carbonyl (C=O) groups is 1. The van der Waals surface area contributed by atoms with Gasteiger partial charge in [-0.05, 0) is 26.8 Å². The fourth-order valence-corrected chi connectivity index (χ4v) is 5.70. The van der Waals surface area contributed by atoms with Crippen molar-refractivity contribution >= 4 is 29.0 Å². The molecule has 4 rings (SSSR count). The lowest BCUT2D eigenvalue weighted by atomic mass is 9.79. The zero-order valence-corrected chi connectivity index (χ0v) is 16.3. The van der Waals surface area contributed by atoms with E-state index in [0.717, 1.165) is 48.9 Å². The molecular formula is C17H23N5OS2. The molecule has 25 heavy (non-hydrogen) atoms. The lowest BCUT2D eigenvalue weighted by molar-refractivity contribution is -0.131. The van der Waals surface area contributed by atoms with E-state index in [1.165, 1.54) is 11.4 Å². The molecule has 1 fully saturated rings. The number of H-pyrrole nitrogens is 1. The second-order valence-electron chi connectivity index (χ2n) is 6.86. The number of nitrogens with zero attached hydrogens (tertiary/aromatic N) is 4. The van der Waals surface area contributed by atoms with Crippen LogP contribution in [-0.4, -0.2) is 63.1 Å². The summed E-state index contributed by atoms with van der Waals surface area (Å²) in [6.45, 7) is 4.62. The van der Waals surface area contributed by atoms with Crippen molar-refractivity contribution in [2.75, 3.05) is 32.4 Å². The Bertz CT molecular complexity index is 763. The van der Waals surface area contributed by atoms with Gasteiger partial charge in [0.25, 0.3) is 0 Å². The van der Waals surface area contributed by atoms with E-state index >= 15 is 0 Å². The molecule has 1 amide bonds. The molecule has 0 atom stereocenters. The van der Waals surface area contributed by atoms with E-state index in [0.29, 0.717) is 5.75 Å². The Morgan fingerprint density at radius 1 is 1.40 bits per heavy atom. The van der Waals surface area contributed by atoms with E-state index < -0.39 is 0 Å². The van der Waals surface area contributed by atoms with Gasteiger partial charge in [-0.25, -0.2) is 9.97 Å². The number of likely N-dealkylation sites (N-methyl/N-ethyl adjacent to an activating group) is 1. The van der Waals surface area contributed by atoms with Gasteiger partial charge in [0, 0.05) is 42.8 Å². The predicted molar refractivity (Wildman–Crippen MR) is 100.0 cm³/mol. The molecule has 6 nitrogen and oxygen atoms in total. The van der Waals surface area contributed by atoms with E-state index in [9.17, 15) is 4.79 Å². The topological polar surface area (TPSA) is 65.1 Å². The average Bonchev–Trinajstić information content (AvgIpc) is 3.26. The van der Waals surface area contributed by atoms with Crippen LogP contribution in [0.2, 0.25) is 0 Å². The van der Waals surface area contributed by atoms with Gasteiger partial charge in [0.05, 0.1) is 23.3 Å². The number of thiazole rings is 1. The molecule has 0 unspecified atom stereocenters. The molecule has 1 N–H and O–H groups in total. The molecule has 8 heteroatoms. The summed E-state index contributed by atoms with van der Waals surface area (Å²) in [5.74, 6) is 0.692. The number of piperidine rings is 1. The fraction of sp³-hybridized carbons (Fsp3) is 0.588. The van der Waals surface area contributed by atoms with Gasteiger partial charge in [0.2, 0.25) is 5.91 Å². The van der Waals surface area contributed by atoms with Crippen molar-refractivity contribution in [3.8, 4) is 0 Å². The fourth-order valence-electron chi connectivity index (χ4n) is 3.94. The van der Waals surface area contributed by atoms with Crippen molar-refractivity contribution in [1.29, 1.82) is 0 Å². The Kier molecular flexibility index (Phi) is 4.59. The number of hydrogen-bond donors (Lipinski definition) is 1. The maximum absolute atomic E-state index is 12.6. The first kappa shape index (κ1) is 17.1. The molecule has 1 spiro atoms. The molecule has 0 radical (unpaired) electrons. The highest BCUT2D eigenvalue weighted by Gasteiger charge is 2.45. The normalized spacial score (nSPS) is 20.0. The van der Waals surface area contributed by atoms with Gasteiger partial charge < -0.3 is 9.88 Å². The number of nitrogens with one attached hydrogen (secondary N) is 1. The van der Waals surface area contributed by atoms with Crippen LogP contribution in [0, 0.1) is 6.92 Å². The summed E-state index contributed by atoms with van der Waals surface area (Å²) >= 11 is 3.16. The lowest BCUT2D eigenvalue weighted by Crippen LogP contribution is -2.55. The molecule has 0 aromatic carbocycles. The lowest BCUT2D eigenvalue weighted by Gasteiger charge is -2.49. The van der Waals surface area contributed by atoms with Crippen LogP contribution in [0.25, 0.3) is 0 Å². The number of fused-ring (bicyclic) bond motifs is 2. The number of aryl methyl sites for hydroxylation is 1. The van der Waals surface area contributed by atoms with Gasteiger partial charge in [-0.15, -0.1) is 11.3 Å². The summed E-state index contributed by atoms with van der Waals surface area (Å²) in [4.78, 5) is 29.4. The van der Waals surface area contributed by atoms with Gasteiger partial charge >= 0.3 is 0 Å². The summed E-state index contributed by atoms with van der Waals surface area (Å²) in [6.07, 6.45) is 4.75. The number of amides is 1. The zero-order valence-electron chi connectivity index (χ0n) is 14.6. The maximum Gasteiger partial charge on any atom is 0.233 e. The van der Waals surface area contributed by atoms with Crippen molar-refractivity contribution in [3.63, 3.8) is 0 Å². The molecule has 0 bridgehead atoms. The van der Waals surface area contributed by atoms with Crippen LogP contribution in [0.1, 0.15) is 29.9 Å². The maximum atomic E-state index is 12.6. The van der Waals surface area contributed by atoms with Crippen LogP contribution in [-0.2, 0) is 16.8 Å². The van der Waals surface area contributed by atoms with E-state index in [-0.39, 0.29) is 11.4 Å². The number of hydrogen-bond acceptors (Lipinski definition) is 6. The summed E-state index contributed by atoms with van der Waals surface area (Å²) in [5.41, 5.74) is 3.48. The van der Waals surface area contributed by atoms with E-state index in [2.05, 4.69) is 26.9 Å². The number of likely N-dealkylation sites (tertiary alicyclic amines) is 1. The number of imidazole rings is 1. The van der Waals surface area contributed by atoms with E-state index in [1.54, 1.807) is 23.1 Å². The van der Waals surface area contributed by atoms with Crippen LogP contribution in [0.3, 0.4) is 0 Å². The van der Waals surface area contributed by atoms with Crippen molar-refractivity contribution in [2.45, 2.75) is 36.1 Å². The third-order valence-electron chi connectivity index (χ3n) is 5.45. The van der Waals surface area contributed by atoms with Gasteiger partial charge in [-0.3, -0.25) is 9.69 Å². The first-order chi connectivity index (χ1) is 12.1. The second-order valence-corrected chi connectivity index (χ2v) is 8.94. The second kappa shape index (κ2) is 6.74. The Labute approximate surface area is 156 Å². The van der Waals surface area contributed by atoms with Gasteiger partial charge in [-0.1, -0.05) is 11.8 Å². The molecule has 0 aliphatic carbocycles. The highest BCUT2D eigenvalue weighted by Crippen LogP contribution is 2.41. The molecule has 2 aromatic heterocycles. The Morgan fingerprint density at radius 2 is 2.20 bits per heavy atom. The molecule has 2 aromatic rings. The van der Waals surface area contributed by atoms with Crippen LogP contribution in [0.5, 0.6) is 0 Å². The molecule has 2 aliphatic heterocycles. The highest BCUT2D eigenvalue weighted by molar-refractivity contribution is 8.01. The van der Waals surface area contributed by atoms with Gasteiger partial charge in [0.1, 0.15) is 0 Å². The summed E-state index contributed by atoms with van der Waals surface area (Å²) in [6, 6.07) is 0. The molecular weight excluding hydrogens is 354 g/mol. The monoisotopic (exact) mass is 377 g/mol. The first-order valence-corrected chi connectivity index (χ1v) is 10.5. The van der Waals surface area contributed by atoms with Crippen LogP contribution >= 0.6 is 23.1 Å². The van der Waals surface area contributed by atoms with E-state index in [4.69, 9.17) is 0 Å². The minimum absolute atomic E-state index is 0.00999. The van der Waals surface area contributed by atoms with Gasteiger partial charge in [0.15, 0.2) is 4.34 Å². The summed E-state index contributed by atoms with van der Waals surface area (Å²) < 4.78 is 0.979. The quantitative estimate of drug-likeness (QED) is 0.832. The highest BCUT2D eigenvalue weighted by atomic mass is 32.2. The zero-order chi connectivity index (χ0) is 17.4. The third kappa shape index (κ3) is 3.11. The molecule has 0 saturated carbocycles. The molecule has 4 heterocycles. The number of aromatic amines is 1. The SMILES string of the molecule is Cc1csc(SCC(=O)N2CCC3(CC2)c2nc[nH]c2CCN3C)n1. The van der Waals surface area contributed by atoms with Crippen molar-refractivity contribution in [3.05, 3.63) is 28.8 Å². The number of aromatic nitrogens is 3. The largest absolute Gasteiger partial charge is 0.348 e. The smallest absolute Gasteiger partial charge is 0.233 e. The average molecular weight is 378 g/mol. The van der Waals surface area contributed by atoms with Crippen molar-refractivity contribution < 1.29 is 4.79 Å². The molecule has 1 saturated heterocycles. The van der Waals surface area contributed by atoms with Crippen LogP contribution in [0.15, 0.2) is 16.0 Å². The number of carbonyl (C=O) groups excluding carboxylic acids is 1. The van der Waals surface area contributed by atoms with Crippen molar-refractivity contribution in [1.82, 2.24) is 24.8 Å². The Hall–Kier alpha value is -1.38. The van der Waals surface area contributed by atoms with Crippen molar-refractivity contribution in [2.24, 2.45) is 0 Å². The Balaban J connectivity index is 1.39. The number of thioether (sulfide) groups is 1. The first-order valence-electron chi connectivity index (χ1n) is 8.65. The Morgan fingerprint density at radius 3 is 2.92 bits per heavy atom. The third-order valence-corrected chi connectivity index (χ3v) is 7.57. The summed E-state index contributed by atoms with van der Waals surface area (Å²) in [5, 5.41) is 2.03. The molecule has 2 aliphatic rings.